The van der Waals surface area contributed by atoms with Gasteiger partial charge in [-0.3, -0.25) is 4.90 Å². The maximum Gasteiger partial charge on any atom is 0.146 e. The van der Waals surface area contributed by atoms with Crippen LogP contribution in [-0.2, 0) is 18.3 Å². The fourth-order valence-electron chi connectivity index (χ4n) is 2.47. The van der Waals surface area contributed by atoms with Crippen molar-refractivity contribution in [2.24, 2.45) is 7.05 Å². The van der Waals surface area contributed by atoms with Gasteiger partial charge in [0.05, 0.1) is 13.2 Å². The zero-order valence-electron chi connectivity index (χ0n) is 12.2. The van der Waals surface area contributed by atoms with Crippen molar-refractivity contribution in [3.63, 3.8) is 0 Å². The molecule has 108 valence electrons. The van der Waals surface area contributed by atoms with Gasteiger partial charge in [0, 0.05) is 33.3 Å². The molecule has 1 aliphatic heterocycles. The highest BCUT2D eigenvalue weighted by Gasteiger charge is 2.19. The molecule has 1 N–H and O–H groups in total. The van der Waals surface area contributed by atoms with E-state index >= 15 is 0 Å². The molecule has 0 amide bonds. The van der Waals surface area contributed by atoms with Crippen LogP contribution in [0.25, 0.3) is 0 Å². The van der Waals surface area contributed by atoms with E-state index in [2.05, 4.69) is 25.0 Å². The van der Waals surface area contributed by atoms with Crippen LogP contribution in [0.1, 0.15) is 24.5 Å². The standard InChI is InChI=1S/C13H25N5O/c1-11-15-16-13(17(11)2)10-18(7-8-19-3)9-12-5-4-6-14-12/h12,14H,4-10H2,1-3H3. The van der Waals surface area contributed by atoms with Gasteiger partial charge in [-0.15, -0.1) is 10.2 Å². The summed E-state index contributed by atoms with van der Waals surface area (Å²) >= 11 is 0. The third-order valence-electron chi connectivity index (χ3n) is 3.80. The summed E-state index contributed by atoms with van der Waals surface area (Å²) in [7, 11) is 3.77. The predicted octanol–water partition coefficient (Wildman–Crippen LogP) is 0.324. The van der Waals surface area contributed by atoms with Gasteiger partial charge in [0.25, 0.3) is 0 Å². The van der Waals surface area contributed by atoms with E-state index in [1.165, 1.54) is 12.8 Å². The zero-order chi connectivity index (χ0) is 13.7. The number of rotatable bonds is 7. The molecule has 6 heteroatoms. The molecule has 0 aliphatic carbocycles. The topological polar surface area (TPSA) is 55.2 Å². The first-order valence-corrected chi connectivity index (χ1v) is 7.00. The zero-order valence-corrected chi connectivity index (χ0v) is 12.2. The highest BCUT2D eigenvalue weighted by molar-refractivity contribution is 4.93. The summed E-state index contributed by atoms with van der Waals surface area (Å²) in [5.41, 5.74) is 0. The Kier molecular flexibility index (Phi) is 5.30. The summed E-state index contributed by atoms with van der Waals surface area (Å²) in [6.45, 7) is 6.69. The lowest BCUT2D eigenvalue weighted by molar-refractivity contribution is 0.135. The molecule has 0 spiro atoms. The van der Waals surface area contributed by atoms with Crippen LogP contribution in [-0.4, -0.2) is 59.1 Å². The van der Waals surface area contributed by atoms with E-state index in [1.54, 1.807) is 7.11 Å². The Balaban J connectivity index is 1.94. The van der Waals surface area contributed by atoms with Crippen LogP contribution in [0, 0.1) is 6.92 Å². The molecule has 1 unspecified atom stereocenters. The minimum Gasteiger partial charge on any atom is -0.383 e. The van der Waals surface area contributed by atoms with Crippen LogP contribution < -0.4 is 5.32 Å². The molecule has 1 saturated heterocycles. The van der Waals surface area contributed by atoms with Gasteiger partial charge < -0.3 is 14.6 Å². The first kappa shape index (κ1) is 14.4. The van der Waals surface area contributed by atoms with Crippen LogP contribution in [0.5, 0.6) is 0 Å². The second-order valence-corrected chi connectivity index (χ2v) is 5.24. The monoisotopic (exact) mass is 267 g/mol. The van der Waals surface area contributed by atoms with Gasteiger partial charge in [-0.2, -0.15) is 0 Å². The molecule has 0 saturated carbocycles. The van der Waals surface area contributed by atoms with Gasteiger partial charge in [0.2, 0.25) is 0 Å². The molecular weight excluding hydrogens is 242 g/mol. The molecule has 2 heterocycles. The first-order chi connectivity index (χ1) is 9.20. The second kappa shape index (κ2) is 6.98. The molecule has 1 fully saturated rings. The average molecular weight is 267 g/mol. The minimum absolute atomic E-state index is 0.603. The van der Waals surface area contributed by atoms with E-state index in [1.807, 2.05) is 14.0 Å². The molecule has 1 aromatic heterocycles. The van der Waals surface area contributed by atoms with E-state index < -0.39 is 0 Å². The summed E-state index contributed by atoms with van der Waals surface area (Å²) in [6, 6.07) is 0.603. The summed E-state index contributed by atoms with van der Waals surface area (Å²) in [5, 5.41) is 11.9. The van der Waals surface area contributed by atoms with Crippen molar-refractivity contribution in [2.45, 2.75) is 32.4 Å². The Morgan fingerprint density at radius 2 is 2.32 bits per heavy atom. The fraction of sp³-hybridized carbons (Fsp3) is 0.846. The normalized spacial score (nSPS) is 19.5. The Morgan fingerprint density at radius 1 is 1.47 bits per heavy atom. The van der Waals surface area contributed by atoms with Gasteiger partial charge in [0.1, 0.15) is 11.6 Å². The Morgan fingerprint density at radius 3 is 2.89 bits per heavy atom. The Hall–Kier alpha value is -0.980. The molecule has 19 heavy (non-hydrogen) atoms. The van der Waals surface area contributed by atoms with Gasteiger partial charge in [-0.1, -0.05) is 0 Å². The molecular formula is C13H25N5O. The third-order valence-corrected chi connectivity index (χ3v) is 3.80. The quantitative estimate of drug-likeness (QED) is 0.771. The third kappa shape index (κ3) is 3.99. The molecule has 1 aromatic rings. The second-order valence-electron chi connectivity index (χ2n) is 5.24. The number of nitrogens with one attached hydrogen (secondary N) is 1. The van der Waals surface area contributed by atoms with Gasteiger partial charge >= 0.3 is 0 Å². The number of aromatic nitrogens is 3. The lowest BCUT2D eigenvalue weighted by Gasteiger charge is -2.24. The van der Waals surface area contributed by atoms with Gasteiger partial charge in [-0.05, 0) is 26.3 Å². The Labute approximate surface area is 115 Å². The molecule has 1 aliphatic rings. The largest absolute Gasteiger partial charge is 0.383 e. The van der Waals surface area contributed by atoms with Crippen LogP contribution in [0.3, 0.4) is 0 Å². The van der Waals surface area contributed by atoms with E-state index in [-0.39, 0.29) is 0 Å². The van der Waals surface area contributed by atoms with Gasteiger partial charge in [0.15, 0.2) is 0 Å². The van der Waals surface area contributed by atoms with Crippen molar-refractivity contribution in [2.75, 3.05) is 33.4 Å². The van der Waals surface area contributed by atoms with Crippen LogP contribution in [0.4, 0.5) is 0 Å². The van der Waals surface area contributed by atoms with Crippen molar-refractivity contribution in [1.29, 1.82) is 0 Å². The Bertz CT molecular complexity index is 386. The summed E-state index contributed by atoms with van der Waals surface area (Å²) < 4.78 is 7.26. The smallest absolute Gasteiger partial charge is 0.146 e. The van der Waals surface area contributed by atoms with E-state index in [4.69, 9.17) is 4.74 Å². The highest BCUT2D eigenvalue weighted by Crippen LogP contribution is 2.09. The lowest BCUT2D eigenvalue weighted by Crippen LogP contribution is -2.39. The van der Waals surface area contributed by atoms with Crippen molar-refractivity contribution in [3.05, 3.63) is 11.6 Å². The number of aryl methyl sites for hydroxylation is 1. The molecule has 0 bridgehead atoms. The molecule has 1 atom stereocenters. The van der Waals surface area contributed by atoms with E-state index in [0.717, 1.165) is 44.4 Å². The average Bonchev–Trinajstić information content (AvgIpc) is 3.01. The van der Waals surface area contributed by atoms with E-state index in [0.29, 0.717) is 6.04 Å². The molecule has 2 rings (SSSR count). The minimum atomic E-state index is 0.603. The molecule has 0 aromatic carbocycles. The van der Waals surface area contributed by atoms with Crippen LogP contribution >= 0.6 is 0 Å². The number of nitrogens with zero attached hydrogens (tertiary/aromatic N) is 4. The lowest BCUT2D eigenvalue weighted by atomic mass is 10.2. The summed E-state index contributed by atoms with van der Waals surface area (Å²) in [6.07, 6.45) is 2.55. The van der Waals surface area contributed by atoms with Crippen molar-refractivity contribution >= 4 is 0 Å². The molecule has 0 radical (unpaired) electrons. The fourth-order valence-corrected chi connectivity index (χ4v) is 2.47. The van der Waals surface area contributed by atoms with Gasteiger partial charge in [-0.25, -0.2) is 0 Å². The number of hydrogen-bond donors (Lipinski definition) is 1. The van der Waals surface area contributed by atoms with E-state index in [9.17, 15) is 0 Å². The van der Waals surface area contributed by atoms with Crippen molar-refractivity contribution in [3.8, 4) is 0 Å². The number of hydrogen-bond acceptors (Lipinski definition) is 5. The number of methoxy groups -OCH3 is 1. The predicted molar refractivity (Wildman–Crippen MR) is 73.9 cm³/mol. The molecule has 6 nitrogen and oxygen atoms in total. The highest BCUT2D eigenvalue weighted by atomic mass is 16.5. The van der Waals surface area contributed by atoms with Crippen molar-refractivity contribution < 1.29 is 4.74 Å². The van der Waals surface area contributed by atoms with Crippen LogP contribution in [0.2, 0.25) is 0 Å². The van der Waals surface area contributed by atoms with Crippen LogP contribution in [0.15, 0.2) is 0 Å². The SMILES string of the molecule is COCCN(Cc1nnc(C)n1C)CC1CCCN1. The maximum atomic E-state index is 5.21. The maximum absolute atomic E-state index is 5.21. The summed E-state index contributed by atoms with van der Waals surface area (Å²) in [4.78, 5) is 2.40. The first-order valence-electron chi connectivity index (χ1n) is 7.00. The summed E-state index contributed by atoms with van der Waals surface area (Å²) in [5.74, 6) is 1.98. The number of ether oxygens (including phenoxy) is 1. The van der Waals surface area contributed by atoms with Crippen molar-refractivity contribution in [1.82, 2.24) is 25.0 Å².